The molecular weight excluding hydrogens is 288 g/mol. The van der Waals surface area contributed by atoms with Gasteiger partial charge in [0.25, 0.3) is 0 Å². The second kappa shape index (κ2) is 17.5. The van der Waals surface area contributed by atoms with Gasteiger partial charge in [0.15, 0.2) is 0 Å². The molecule has 0 aromatic heterocycles. The topological polar surface area (TPSA) is 46.5 Å². The van der Waals surface area contributed by atoms with Crippen molar-refractivity contribution in [2.75, 3.05) is 13.2 Å². The fraction of sp³-hybridized carbons (Fsp3) is 0.850. The predicted octanol–water partition coefficient (Wildman–Crippen LogP) is 5.56. The first kappa shape index (κ1) is 22.2. The number of unbranched alkanes of at least 4 members (excludes halogenated alkanes) is 12. The van der Waals surface area contributed by atoms with Gasteiger partial charge >= 0.3 is 5.97 Å². The SMILES string of the molecule is C=C(CO)COC(=O)CCCCCCCCCCCCCCC. The highest BCUT2D eigenvalue weighted by atomic mass is 16.5. The van der Waals surface area contributed by atoms with Crippen molar-refractivity contribution in [2.24, 2.45) is 0 Å². The molecule has 3 nitrogen and oxygen atoms in total. The third-order valence-corrected chi connectivity index (χ3v) is 4.15. The third kappa shape index (κ3) is 17.4. The Morgan fingerprint density at radius 2 is 1.26 bits per heavy atom. The fourth-order valence-electron chi connectivity index (χ4n) is 2.59. The smallest absolute Gasteiger partial charge is 0.306 e. The first-order valence-electron chi connectivity index (χ1n) is 9.63. The van der Waals surface area contributed by atoms with E-state index in [9.17, 15) is 4.79 Å². The fourth-order valence-corrected chi connectivity index (χ4v) is 2.59. The van der Waals surface area contributed by atoms with Crippen molar-refractivity contribution in [1.82, 2.24) is 0 Å². The highest BCUT2D eigenvalue weighted by Gasteiger charge is 2.03. The van der Waals surface area contributed by atoms with Crippen LogP contribution < -0.4 is 0 Å². The average Bonchev–Trinajstić information content (AvgIpc) is 2.56. The van der Waals surface area contributed by atoms with Gasteiger partial charge in [-0.1, -0.05) is 90.6 Å². The van der Waals surface area contributed by atoms with Crippen molar-refractivity contribution < 1.29 is 14.6 Å². The Kier molecular flexibility index (Phi) is 16.9. The van der Waals surface area contributed by atoms with E-state index in [1.807, 2.05) is 0 Å². The van der Waals surface area contributed by atoms with Crippen molar-refractivity contribution in [1.29, 1.82) is 0 Å². The summed E-state index contributed by atoms with van der Waals surface area (Å²) in [6.07, 6.45) is 17.4. The van der Waals surface area contributed by atoms with E-state index >= 15 is 0 Å². The zero-order chi connectivity index (χ0) is 17.2. The Bertz CT molecular complexity index is 287. The van der Waals surface area contributed by atoms with Crippen molar-refractivity contribution in [2.45, 2.75) is 96.8 Å². The highest BCUT2D eigenvalue weighted by Crippen LogP contribution is 2.13. The number of carbonyl (C=O) groups excluding carboxylic acids is 1. The van der Waals surface area contributed by atoms with Crippen LogP contribution >= 0.6 is 0 Å². The third-order valence-electron chi connectivity index (χ3n) is 4.15. The van der Waals surface area contributed by atoms with Crippen LogP contribution in [0.4, 0.5) is 0 Å². The van der Waals surface area contributed by atoms with Crippen LogP contribution in [0.5, 0.6) is 0 Å². The number of carbonyl (C=O) groups is 1. The van der Waals surface area contributed by atoms with E-state index in [0.717, 1.165) is 12.8 Å². The molecule has 1 N–H and O–H groups in total. The molecule has 0 amide bonds. The van der Waals surface area contributed by atoms with E-state index in [4.69, 9.17) is 9.84 Å². The molecule has 0 aromatic carbocycles. The molecule has 136 valence electrons. The minimum absolute atomic E-state index is 0.119. The summed E-state index contributed by atoms with van der Waals surface area (Å²) < 4.78 is 5.00. The maximum absolute atomic E-state index is 11.4. The second-order valence-electron chi connectivity index (χ2n) is 6.56. The molecule has 0 rings (SSSR count). The summed E-state index contributed by atoms with van der Waals surface area (Å²) in [7, 11) is 0. The second-order valence-corrected chi connectivity index (χ2v) is 6.56. The lowest BCUT2D eigenvalue weighted by molar-refractivity contribution is -0.142. The number of hydrogen-bond donors (Lipinski definition) is 1. The van der Waals surface area contributed by atoms with Crippen LogP contribution in [0.15, 0.2) is 12.2 Å². The van der Waals surface area contributed by atoms with Crippen LogP contribution in [0.1, 0.15) is 96.8 Å². The molecule has 0 saturated carbocycles. The van der Waals surface area contributed by atoms with E-state index < -0.39 is 0 Å². The molecule has 3 heteroatoms. The normalized spacial score (nSPS) is 10.7. The molecule has 0 unspecified atom stereocenters. The molecule has 0 saturated heterocycles. The summed E-state index contributed by atoms with van der Waals surface area (Å²) in [4.78, 5) is 11.4. The van der Waals surface area contributed by atoms with Crippen LogP contribution in [-0.2, 0) is 9.53 Å². The van der Waals surface area contributed by atoms with E-state index in [-0.39, 0.29) is 19.2 Å². The largest absolute Gasteiger partial charge is 0.461 e. The average molecular weight is 327 g/mol. The monoisotopic (exact) mass is 326 g/mol. The minimum atomic E-state index is -0.178. The molecule has 0 heterocycles. The molecule has 0 fully saturated rings. The Balaban J connectivity index is 3.15. The van der Waals surface area contributed by atoms with Crippen LogP contribution in [0.3, 0.4) is 0 Å². The van der Waals surface area contributed by atoms with Gasteiger partial charge in [0.1, 0.15) is 6.61 Å². The summed E-state index contributed by atoms with van der Waals surface area (Å²) in [5, 5.41) is 8.76. The predicted molar refractivity (Wildman–Crippen MR) is 97.5 cm³/mol. The Hall–Kier alpha value is -0.830. The number of ether oxygens (including phenoxy) is 1. The lowest BCUT2D eigenvalue weighted by Gasteiger charge is -2.05. The first-order valence-corrected chi connectivity index (χ1v) is 9.63. The highest BCUT2D eigenvalue weighted by molar-refractivity contribution is 5.69. The van der Waals surface area contributed by atoms with Gasteiger partial charge in [-0.25, -0.2) is 0 Å². The number of aliphatic hydroxyl groups excluding tert-OH is 1. The van der Waals surface area contributed by atoms with Gasteiger partial charge in [0.2, 0.25) is 0 Å². The quantitative estimate of drug-likeness (QED) is 0.216. The minimum Gasteiger partial charge on any atom is -0.461 e. The van der Waals surface area contributed by atoms with E-state index in [2.05, 4.69) is 13.5 Å². The summed E-state index contributed by atoms with van der Waals surface area (Å²) >= 11 is 0. The van der Waals surface area contributed by atoms with Crippen LogP contribution in [0.2, 0.25) is 0 Å². The Morgan fingerprint density at radius 3 is 1.70 bits per heavy atom. The van der Waals surface area contributed by atoms with Gasteiger partial charge in [-0.05, 0) is 12.0 Å². The number of hydrogen-bond acceptors (Lipinski definition) is 3. The van der Waals surface area contributed by atoms with Gasteiger partial charge in [-0.15, -0.1) is 0 Å². The molecule has 0 atom stereocenters. The Labute approximate surface area is 143 Å². The lowest BCUT2D eigenvalue weighted by atomic mass is 10.0. The molecule has 0 aliphatic rings. The van der Waals surface area contributed by atoms with Crippen molar-refractivity contribution in [3.63, 3.8) is 0 Å². The van der Waals surface area contributed by atoms with Gasteiger partial charge in [0, 0.05) is 6.42 Å². The molecule has 0 aliphatic heterocycles. The molecule has 0 bridgehead atoms. The Morgan fingerprint density at radius 1 is 0.826 bits per heavy atom. The molecule has 0 radical (unpaired) electrons. The number of aliphatic hydroxyl groups is 1. The van der Waals surface area contributed by atoms with E-state index in [1.54, 1.807) is 0 Å². The van der Waals surface area contributed by atoms with E-state index in [1.165, 1.54) is 70.6 Å². The summed E-state index contributed by atoms with van der Waals surface area (Å²) in [5.74, 6) is -0.178. The zero-order valence-electron chi connectivity index (χ0n) is 15.3. The van der Waals surface area contributed by atoms with E-state index in [0.29, 0.717) is 12.0 Å². The van der Waals surface area contributed by atoms with Gasteiger partial charge < -0.3 is 9.84 Å². The zero-order valence-corrected chi connectivity index (χ0v) is 15.3. The molecule has 0 aliphatic carbocycles. The maximum atomic E-state index is 11.4. The molecular formula is C20H38O3. The van der Waals surface area contributed by atoms with Gasteiger partial charge in [-0.2, -0.15) is 0 Å². The van der Waals surface area contributed by atoms with Crippen LogP contribution in [0, 0.1) is 0 Å². The lowest BCUT2D eigenvalue weighted by Crippen LogP contribution is -2.08. The summed E-state index contributed by atoms with van der Waals surface area (Å²) in [6, 6.07) is 0. The standard InChI is InChI=1S/C20H38O3/c1-3-4-5-6-7-8-9-10-11-12-13-14-15-16-20(22)23-18-19(2)17-21/h21H,2-18H2,1H3. The molecule has 0 aromatic rings. The van der Waals surface area contributed by atoms with Gasteiger partial charge in [-0.3, -0.25) is 4.79 Å². The van der Waals surface area contributed by atoms with Crippen LogP contribution in [-0.4, -0.2) is 24.3 Å². The maximum Gasteiger partial charge on any atom is 0.306 e. The van der Waals surface area contributed by atoms with Gasteiger partial charge in [0.05, 0.1) is 6.61 Å². The molecule has 23 heavy (non-hydrogen) atoms. The summed E-state index contributed by atoms with van der Waals surface area (Å²) in [5.41, 5.74) is 0.545. The van der Waals surface area contributed by atoms with Crippen molar-refractivity contribution in [3.8, 4) is 0 Å². The summed E-state index contributed by atoms with van der Waals surface area (Å²) in [6.45, 7) is 5.88. The van der Waals surface area contributed by atoms with Crippen molar-refractivity contribution >= 4 is 5.97 Å². The number of rotatable bonds is 17. The number of esters is 1. The van der Waals surface area contributed by atoms with Crippen molar-refractivity contribution in [3.05, 3.63) is 12.2 Å². The van der Waals surface area contributed by atoms with Crippen LogP contribution in [0.25, 0.3) is 0 Å². The molecule has 0 spiro atoms. The first-order chi connectivity index (χ1) is 11.2.